The van der Waals surface area contributed by atoms with Crippen LogP contribution in [0.15, 0.2) is 54.6 Å². The van der Waals surface area contributed by atoms with E-state index >= 15 is 0 Å². The Kier molecular flexibility index (Phi) is 7.50. The van der Waals surface area contributed by atoms with Crippen LogP contribution >= 0.6 is 0 Å². The highest BCUT2D eigenvalue weighted by Crippen LogP contribution is 2.47. The number of nitrogens with one attached hydrogen (secondary N) is 2. The number of ether oxygens (including phenoxy) is 2. The fourth-order valence-corrected chi connectivity index (χ4v) is 7.15. The maximum Gasteiger partial charge on any atom is 0.253 e. The summed E-state index contributed by atoms with van der Waals surface area (Å²) in [4.78, 5) is 36.0. The molecule has 1 aliphatic carbocycles. The van der Waals surface area contributed by atoms with Gasteiger partial charge in [0.25, 0.3) is 11.8 Å². The minimum Gasteiger partial charge on any atom is -0.497 e. The van der Waals surface area contributed by atoms with Gasteiger partial charge in [-0.15, -0.1) is 0 Å². The molecule has 7 rings (SSSR count). The standard InChI is InChI=1S/C37H41N5O4/c1-37(2,36-38-28-16-12-24(19-29(28)39-36)35(44)41(3)4)40-34(43)23-11-14-26-30(20-23)42-17-18-46-31-21-25(45-5)13-15-27(31)33(42)32(26)22-9-7-6-8-10-22/h11-16,19-22H,6-10,17-18H2,1-5H3,(H,38,39)(H,40,43). The summed E-state index contributed by atoms with van der Waals surface area (Å²) in [6, 6.07) is 17.6. The lowest BCUT2D eigenvalue weighted by atomic mass is 9.81. The van der Waals surface area contributed by atoms with E-state index in [0.29, 0.717) is 36.0 Å². The largest absolute Gasteiger partial charge is 0.497 e. The third kappa shape index (κ3) is 5.17. The summed E-state index contributed by atoms with van der Waals surface area (Å²) in [5, 5.41) is 4.42. The summed E-state index contributed by atoms with van der Waals surface area (Å²) >= 11 is 0. The minimum atomic E-state index is -0.800. The monoisotopic (exact) mass is 619 g/mol. The molecule has 9 nitrogen and oxygen atoms in total. The first kappa shape index (κ1) is 29.9. The predicted molar refractivity (Wildman–Crippen MR) is 180 cm³/mol. The topological polar surface area (TPSA) is 101 Å². The van der Waals surface area contributed by atoms with Gasteiger partial charge in [-0.25, -0.2) is 4.98 Å². The van der Waals surface area contributed by atoms with Crippen LogP contribution in [0.25, 0.3) is 33.2 Å². The Bertz CT molecular complexity index is 1980. The molecular weight excluding hydrogens is 578 g/mol. The zero-order valence-corrected chi connectivity index (χ0v) is 27.2. The molecule has 5 aromatic rings. The van der Waals surface area contributed by atoms with Crippen molar-refractivity contribution in [3.8, 4) is 22.8 Å². The first-order valence-corrected chi connectivity index (χ1v) is 16.2. The number of nitrogens with zero attached hydrogens (tertiary/aromatic N) is 3. The van der Waals surface area contributed by atoms with E-state index in [-0.39, 0.29) is 11.8 Å². The number of methoxy groups -OCH3 is 1. The number of carbonyl (C=O) groups is 2. The molecule has 0 bridgehead atoms. The summed E-state index contributed by atoms with van der Waals surface area (Å²) in [5.41, 5.74) is 6.54. The maximum atomic E-state index is 13.9. The normalized spacial score (nSPS) is 15.2. The second kappa shape index (κ2) is 11.5. The number of fused-ring (bicyclic) bond motifs is 6. The van der Waals surface area contributed by atoms with Crippen LogP contribution in [0.1, 0.15) is 84.0 Å². The smallest absolute Gasteiger partial charge is 0.253 e. The second-order valence-corrected chi connectivity index (χ2v) is 13.3. The van der Waals surface area contributed by atoms with Crippen molar-refractivity contribution < 1.29 is 19.1 Å². The van der Waals surface area contributed by atoms with E-state index in [1.165, 1.54) is 35.9 Å². The van der Waals surface area contributed by atoms with Crippen molar-refractivity contribution in [1.82, 2.24) is 24.8 Å². The quantitative estimate of drug-likeness (QED) is 0.213. The second-order valence-electron chi connectivity index (χ2n) is 13.3. The molecule has 2 amide bonds. The number of aromatic nitrogens is 3. The average Bonchev–Trinajstić information content (AvgIpc) is 3.58. The third-order valence-corrected chi connectivity index (χ3v) is 9.55. The number of rotatable bonds is 6. The summed E-state index contributed by atoms with van der Waals surface area (Å²) in [6.45, 7) is 5.07. The third-order valence-electron chi connectivity index (χ3n) is 9.55. The fourth-order valence-electron chi connectivity index (χ4n) is 7.15. The van der Waals surface area contributed by atoms with Gasteiger partial charge < -0.3 is 29.2 Å². The molecule has 0 saturated heterocycles. The van der Waals surface area contributed by atoms with Crippen molar-refractivity contribution in [2.24, 2.45) is 0 Å². The number of aromatic amines is 1. The zero-order chi connectivity index (χ0) is 32.2. The lowest BCUT2D eigenvalue weighted by Crippen LogP contribution is -2.41. The molecule has 1 fully saturated rings. The average molecular weight is 620 g/mol. The Balaban J connectivity index is 1.26. The Morgan fingerprint density at radius 1 is 1.02 bits per heavy atom. The van der Waals surface area contributed by atoms with Crippen molar-refractivity contribution in [2.75, 3.05) is 27.8 Å². The van der Waals surface area contributed by atoms with Gasteiger partial charge in [0.05, 0.1) is 35.9 Å². The van der Waals surface area contributed by atoms with Crippen LogP contribution in [-0.2, 0) is 12.1 Å². The molecule has 46 heavy (non-hydrogen) atoms. The van der Waals surface area contributed by atoms with E-state index < -0.39 is 5.54 Å². The Morgan fingerprint density at radius 3 is 2.57 bits per heavy atom. The van der Waals surface area contributed by atoms with E-state index in [4.69, 9.17) is 14.5 Å². The van der Waals surface area contributed by atoms with Crippen LogP contribution in [-0.4, -0.2) is 59.1 Å². The Hall–Kier alpha value is -4.79. The molecule has 2 N–H and O–H groups in total. The minimum absolute atomic E-state index is 0.0781. The van der Waals surface area contributed by atoms with Gasteiger partial charge in [-0.3, -0.25) is 9.59 Å². The molecule has 3 aromatic carbocycles. The fraction of sp³-hybridized carbons (Fsp3) is 0.378. The van der Waals surface area contributed by atoms with Gasteiger partial charge in [0.1, 0.15) is 23.9 Å². The van der Waals surface area contributed by atoms with Gasteiger partial charge in [-0.05, 0) is 80.6 Å². The van der Waals surface area contributed by atoms with Gasteiger partial charge in [-0.2, -0.15) is 0 Å². The van der Waals surface area contributed by atoms with Gasteiger partial charge >= 0.3 is 0 Å². The first-order valence-electron chi connectivity index (χ1n) is 16.2. The van der Waals surface area contributed by atoms with E-state index in [1.54, 1.807) is 38.2 Å². The molecule has 0 radical (unpaired) electrons. The predicted octanol–water partition coefficient (Wildman–Crippen LogP) is 7.00. The van der Waals surface area contributed by atoms with Crippen LogP contribution in [0.4, 0.5) is 0 Å². The Morgan fingerprint density at radius 2 is 1.80 bits per heavy atom. The number of amides is 2. The summed E-state index contributed by atoms with van der Waals surface area (Å²) in [6.07, 6.45) is 6.07. The zero-order valence-electron chi connectivity index (χ0n) is 27.2. The van der Waals surface area contributed by atoms with Crippen molar-refractivity contribution >= 4 is 33.8 Å². The number of H-pyrrole nitrogens is 1. The summed E-state index contributed by atoms with van der Waals surface area (Å²) in [5.74, 6) is 2.43. The van der Waals surface area contributed by atoms with Crippen molar-refractivity contribution in [1.29, 1.82) is 0 Å². The van der Waals surface area contributed by atoms with Gasteiger partial charge in [-0.1, -0.05) is 25.3 Å². The molecular formula is C37H41N5O4. The number of benzene rings is 3. The van der Waals surface area contributed by atoms with Crippen LogP contribution in [0.3, 0.4) is 0 Å². The van der Waals surface area contributed by atoms with Crippen LogP contribution in [0.2, 0.25) is 0 Å². The number of hydrogen-bond donors (Lipinski definition) is 2. The first-order chi connectivity index (χ1) is 22.1. The van der Waals surface area contributed by atoms with Crippen LogP contribution in [0.5, 0.6) is 11.5 Å². The van der Waals surface area contributed by atoms with E-state index in [2.05, 4.69) is 27.0 Å². The molecule has 2 aromatic heterocycles. The summed E-state index contributed by atoms with van der Waals surface area (Å²) < 4.78 is 14.1. The molecule has 1 aliphatic heterocycles. The Labute approximate surface area is 268 Å². The van der Waals surface area contributed by atoms with Gasteiger partial charge in [0.15, 0.2) is 0 Å². The molecule has 1 saturated carbocycles. The molecule has 0 atom stereocenters. The lowest BCUT2D eigenvalue weighted by molar-refractivity contribution is 0.0827. The lowest BCUT2D eigenvalue weighted by Gasteiger charge is -2.24. The number of carbonyl (C=O) groups excluding carboxylic acids is 2. The van der Waals surface area contributed by atoms with E-state index in [0.717, 1.165) is 46.5 Å². The molecule has 0 spiro atoms. The SMILES string of the molecule is COc1ccc2c(c1)OCCn1c-2c(C2CCCCC2)c2ccc(C(=O)NC(C)(C)c3nc4ccc(C(=O)N(C)C)cc4[nH]3)cc21. The highest BCUT2D eigenvalue weighted by Gasteiger charge is 2.31. The van der Waals surface area contributed by atoms with Crippen LogP contribution in [0, 0.1) is 0 Å². The molecule has 0 unspecified atom stereocenters. The van der Waals surface area contributed by atoms with Crippen LogP contribution < -0.4 is 14.8 Å². The van der Waals surface area contributed by atoms with E-state index in [1.807, 2.05) is 44.2 Å². The highest BCUT2D eigenvalue weighted by atomic mass is 16.5. The number of imidazole rings is 1. The molecule has 238 valence electrons. The maximum absolute atomic E-state index is 13.9. The molecule has 9 heteroatoms. The van der Waals surface area contributed by atoms with E-state index in [9.17, 15) is 9.59 Å². The number of hydrogen-bond acceptors (Lipinski definition) is 5. The van der Waals surface area contributed by atoms with Crippen molar-refractivity contribution in [2.45, 2.75) is 64.0 Å². The van der Waals surface area contributed by atoms with Crippen molar-refractivity contribution in [3.05, 3.63) is 77.1 Å². The highest BCUT2D eigenvalue weighted by molar-refractivity contribution is 6.01. The summed E-state index contributed by atoms with van der Waals surface area (Å²) in [7, 11) is 5.13. The molecule has 2 aliphatic rings. The van der Waals surface area contributed by atoms with Gasteiger partial charge in [0, 0.05) is 47.8 Å². The van der Waals surface area contributed by atoms with Gasteiger partial charge in [0.2, 0.25) is 0 Å². The van der Waals surface area contributed by atoms with Crippen molar-refractivity contribution in [3.63, 3.8) is 0 Å². The molecule has 3 heterocycles.